The number of hydrogen-bond acceptors (Lipinski definition) is 7. The Morgan fingerprint density at radius 1 is 1.05 bits per heavy atom. The number of anilines is 1. The molecule has 1 aromatic heterocycles. The maximum Gasteiger partial charge on any atom is 0.231 e. The number of piperazine rings is 2. The number of β-amino-alcohol motifs (C(OH)–C–C–N with tert-alkyl or cyclic N) is 1. The van der Waals surface area contributed by atoms with Crippen molar-refractivity contribution in [3.8, 4) is 0 Å². The average molecular weight is 531 g/mol. The highest BCUT2D eigenvalue weighted by Crippen LogP contribution is 2.44. The Hall–Kier alpha value is -2.33. The lowest BCUT2D eigenvalue weighted by Crippen LogP contribution is -2.53. The number of carbonyl (C=O) groups is 1. The molecule has 2 aromatic rings. The molecule has 200 valence electrons. The minimum Gasteiger partial charge on any atom is -0.395 e. The Kier molecular flexibility index (Phi) is 8.24. The molecule has 1 aromatic carbocycles. The second kappa shape index (κ2) is 11.6. The third-order valence-corrected chi connectivity index (χ3v) is 8.28. The summed E-state index contributed by atoms with van der Waals surface area (Å²) in [7, 11) is 0. The largest absolute Gasteiger partial charge is 0.395 e. The highest BCUT2D eigenvalue weighted by atomic mass is 35.5. The van der Waals surface area contributed by atoms with Crippen LogP contribution in [-0.4, -0.2) is 108 Å². The topological polar surface area (TPSA) is 76.0 Å². The van der Waals surface area contributed by atoms with Gasteiger partial charge in [0.15, 0.2) is 0 Å². The van der Waals surface area contributed by atoms with Crippen molar-refractivity contribution < 1.29 is 14.3 Å². The van der Waals surface area contributed by atoms with Gasteiger partial charge in [0.1, 0.15) is 18.3 Å². The van der Waals surface area contributed by atoms with E-state index in [1.54, 1.807) is 0 Å². The smallest absolute Gasteiger partial charge is 0.231 e. The van der Waals surface area contributed by atoms with E-state index < -0.39 is 6.17 Å². The zero-order chi connectivity index (χ0) is 25.9. The molecule has 3 atom stereocenters. The number of fused-ring (bicyclic) bond motifs is 1. The Bertz CT molecular complexity index is 1070. The second-order valence-corrected chi connectivity index (χ2v) is 10.8. The number of aliphatic hydroxyl groups excluding tert-OH is 1. The van der Waals surface area contributed by atoms with Gasteiger partial charge in [-0.1, -0.05) is 30.7 Å². The predicted molar refractivity (Wildman–Crippen MR) is 142 cm³/mol. The van der Waals surface area contributed by atoms with Crippen LogP contribution in [0.25, 0.3) is 0 Å². The molecule has 0 unspecified atom stereocenters. The van der Waals surface area contributed by atoms with Crippen LogP contribution < -0.4 is 4.90 Å². The monoisotopic (exact) mass is 530 g/mol. The summed E-state index contributed by atoms with van der Waals surface area (Å²) in [6.07, 6.45) is 0.893. The summed E-state index contributed by atoms with van der Waals surface area (Å²) >= 11 is 6.14. The van der Waals surface area contributed by atoms with Gasteiger partial charge in [-0.25, -0.2) is 14.4 Å². The normalized spacial score (nSPS) is 23.8. The van der Waals surface area contributed by atoms with Crippen LogP contribution in [0, 0.1) is 0 Å². The van der Waals surface area contributed by atoms with E-state index >= 15 is 0 Å². The van der Waals surface area contributed by atoms with Crippen LogP contribution in [0.1, 0.15) is 48.2 Å². The van der Waals surface area contributed by atoms with Crippen LogP contribution in [0.5, 0.6) is 0 Å². The Morgan fingerprint density at radius 3 is 2.41 bits per heavy atom. The molecule has 37 heavy (non-hydrogen) atoms. The van der Waals surface area contributed by atoms with Crippen LogP contribution in [0.4, 0.5) is 10.2 Å². The van der Waals surface area contributed by atoms with Crippen molar-refractivity contribution in [2.45, 2.75) is 31.4 Å². The second-order valence-electron chi connectivity index (χ2n) is 10.4. The molecular formula is C27H36ClFN6O2. The summed E-state index contributed by atoms with van der Waals surface area (Å²) in [5.74, 6) is 0.765. The van der Waals surface area contributed by atoms with Crippen molar-refractivity contribution in [2.75, 3.05) is 77.0 Å². The molecule has 8 nitrogen and oxygen atoms in total. The van der Waals surface area contributed by atoms with Gasteiger partial charge < -0.3 is 14.9 Å². The molecule has 0 saturated carbocycles. The van der Waals surface area contributed by atoms with E-state index in [1.165, 1.54) is 6.33 Å². The summed E-state index contributed by atoms with van der Waals surface area (Å²) in [6, 6.07) is 7.62. The summed E-state index contributed by atoms with van der Waals surface area (Å²) < 4.78 is 14.4. The molecule has 1 N–H and O–H groups in total. The van der Waals surface area contributed by atoms with E-state index in [0.717, 1.165) is 43.1 Å². The van der Waals surface area contributed by atoms with Crippen LogP contribution in [-0.2, 0) is 4.79 Å². The van der Waals surface area contributed by atoms with Gasteiger partial charge in [0.05, 0.1) is 18.2 Å². The first-order chi connectivity index (χ1) is 17.9. The number of aliphatic hydroxyl groups is 1. The highest BCUT2D eigenvalue weighted by molar-refractivity contribution is 6.30. The molecule has 1 amide bonds. The molecule has 3 heterocycles. The molecule has 2 fully saturated rings. The number of rotatable bonds is 7. The number of benzene rings is 1. The molecule has 10 heteroatoms. The lowest BCUT2D eigenvalue weighted by molar-refractivity contribution is -0.133. The SMILES string of the molecule is C[C@@H]1C[C@H](F)c2ncnc(N3CCN(C(=O)[C@H](CN4CCN(CCO)CC4)c4ccc(Cl)cc4)CC3)c21. The summed E-state index contributed by atoms with van der Waals surface area (Å²) in [5.41, 5.74) is 2.43. The van der Waals surface area contributed by atoms with Crippen LogP contribution >= 0.6 is 11.6 Å². The van der Waals surface area contributed by atoms with Crippen molar-refractivity contribution in [1.82, 2.24) is 24.7 Å². The van der Waals surface area contributed by atoms with Crippen molar-refractivity contribution in [2.24, 2.45) is 0 Å². The number of nitrogens with zero attached hydrogens (tertiary/aromatic N) is 6. The first-order valence-electron chi connectivity index (χ1n) is 13.3. The Balaban J connectivity index is 1.27. The van der Waals surface area contributed by atoms with E-state index in [4.69, 9.17) is 11.6 Å². The number of carbonyl (C=O) groups excluding carboxylic acids is 1. The zero-order valence-electron chi connectivity index (χ0n) is 21.4. The molecular weight excluding hydrogens is 495 g/mol. The molecule has 2 saturated heterocycles. The first-order valence-corrected chi connectivity index (χ1v) is 13.7. The van der Waals surface area contributed by atoms with Gasteiger partial charge in [-0.05, 0) is 30.0 Å². The molecule has 0 radical (unpaired) electrons. The number of halogens is 2. The molecule has 0 bridgehead atoms. The number of alkyl halides is 1. The van der Waals surface area contributed by atoms with Gasteiger partial charge in [-0.15, -0.1) is 0 Å². The summed E-state index contributed by atoms with van der Waals surface area (Å²) in [4.78, 5) is 31.4. The fourth-order valence-electron chi connectivity index (χ4n) is 5.89. The third kappa shape index (κ3) is 5.74. The number of amides is 1. The molecule has 3 aliphatic rings. The van der Waals surface area contributed by atoms with Gasteiger partial charge in [-0.3, -0.25) is 14.6 Å². The minimum absolute atomic E-state index is 0.0907. The zero-order valence-corrected chi connectivity index (χ0v) is 22.2. The first kappa shape index (κ1) is 26.3. The van der Waals surface area contributed by atoms with E-state index in [2.05, 4.69) is 24.7 Å². The molecule has 1 aliphatic carbocycles. The third-order valence-electron chi connectivity index (χ3n) is 8.03. The average Bonchev–Trinajstić information content (AvgIpc) is 3.22. The number of aromatic nitrogens is 2. The van der Waals surface area contributed by atoms with Gasteiger partial charge in [0.25, 0.3) is 0 Å². The minimum atomic E-state index is -1.03. The van der Waals surface area contributed by atoms with Crippen LogP contribution in [0.2, 0.25) is 5.02 Å². The lowest BCUT2D eigenvalue weighted by atomic mass is 9.96. The van der Waals surface area contributed by atoms with Crippen molar-refractivity contribution in [1.29, 1.82) is 0 Å². The fourth-order valence-corrected chi connectivity index (χ4v) is 6.01. The van der Waals surface area contributed by atoms with Gasteiger partial charge in [0.2, 0.25) is 5.91 Å². The van der Waals surface area contributed by atoms with E-state index in [0.29, 0.717) is 56.4 Å². The molecule has 0 spiro atoms. The predicted octanol–water partition coefficient (Wildman–Crippen LogP) is 2.69. The maximum absolute atomic E-state index is 14.4. The fraction of sp³-hybridized carbons (Fsp3) is 0.593. The van der Waals surface area contributed by atoms with Crippen molar-refractivity contribution >= 4 is 23.3 Å². The Labute approximate surface area is 223 Å². The molecule has 2 aliphatic heterocycles. The van der Waals surface area contributed by atoms with Gasteiger partial charge >= 0.3 is 0 Å². The maximum atomic E-state index is 14.4. The van der Waals surface area contributed by atoms with Crippen LogP contribution in [0.15, 0.2) is 30.6 Å². The highest BCUT2D eigenvalue weighted by Gasteiger charge is 2.36. The van der Waals surface area contributed by atoms with Crippen molar-refractivity contribution in [3.05, 3.63) is 52.4 Å². The Morgan fingerprint density at radius 2 is 1.73 bits per heavy atom. The van der Waals surface area contributed by atoms with Crippen molar-refractivity contribution in [3.63, 3.8) is 0 Å². The quantitative estimate of drug-likeness (QED) is 0.590. The summed E-state index contributed by atoms with van der Waals surface area (Å²) in [6.45, 7) is 9.59. The number of hydrogen-bond donors (Lipinski definition) is 1. The summed E-state index contributed by atoms with van der Waals surface area (Å²) in [5, 5.41) is 9.89. The lowest BCUT2D eigenvalue weighted by Gasteiger charge is -2.40. The molecule has 5 rings (SSSR count). The van der Waals surface area contributed by atoms with Gasteiger partial charge in [0, 0.05) is 76.0 Å². The van der Waals surface area contributed by atoms with E-state index in [-0.39, 0.29) is 24.3 Å². The standard InChI is InChI=1S/C27H36ClFN6O2/c1-19-16-23(29)25-24(19)26(31-18-30-25)34-10-12-35(13-11-34)27(37)22(20-2-4-21(28)5-3-20)17-33-8-6-32(7-9-33)14-15-36/h2-5,18-19,22-23,36H,6-17H2,1H3/t19-,22-,23+/m1/s1. The van der Waals surface area contributed by atoms with Crippen LogP contribution in [0.3, 0.4) is 0 Å². The van der Waals surface area contributed by atoms with Gasteiger partial charge in [-0.2, -0.15) is 0 Å². The van der Waals surface area contributed by atoms with E-state index in [9.17, 15) is 14.3 Å². The van der Waals surface area contributed by atoms with E-state index in [1.807, 2.05) is 36.1 Å².